The van der Waals surface area contributed by atoms with E-state index in [1.54, 1.807) is 30.3 Å². The monoisotopic (exact) mass is 433 g/mol. The average molecular weight is 435 g/mol. The van der Waals surface area contributed by atoms with Crippen molar-refractivity contribution in [2.24, 2.45) is 0 Å². The van der Waals surface area contributed by atoms with Gasteiger partial charge in [-0.15, -0.1) is 0 Å². The van der Waals surface area contributed by atoms with Gasteiger partial charge in [-0.1, -0.05) is 40.7 Å². The normalized spacial score (nSPS) is 10.5. The fraction of sp³-hybridized carbons (Fsp3) is 0. The summed E-state index contributed by atoms with van der Waals surface area (Å²) in [7, 11) is 0. The van der Waals surface area contributed by atoms with Crippen LogP contribution in [0.25, 0.3) is 6.08 Å². The van der Waals surface area contributed by atoms with Gasteiger partial charge in [0.15, 0.2) is 5.78 Å². The minimum Gasteiger partial charge on any atom is -0.322 e. The smallest absolute Gasteiger partial charge is 0.262 e. The third-order valence-corrected chi connectivity index (χ3v) is 3.86. The summed E-state index contributed by atoms with van der Waals surface area (Å²) < 4.78 is 1.20. The maximum atomic E-state index is 12.0. The standard InChI is InChI=1S/C18H13Br2NO2/c1-12(19)18(23)21-16-9-2-13(3-10-16)4-11-17(22)14-5-7-15(20)8-6-14/h2-11H,1H2,(H,21,23)/b11-4+. The third-order valence-electron chi connectivity index (χ3n) is 2.97. The Kier molecular flexibility index (Phi) is 6.07. The zero-order valence-electron chi connectivity index (χ0n) is 12.1. The Morgan fingerprint density at radius 2 is 1.61 bits per heavy atom. The molecule has 3 nitrogen and oxygen atoms in total. The Labute approximate surface area is 151 Å². The van der Waals surface area contributed by atoms with Crippen LogP contribution in [0, 0.1) is 0 Å². The van der Waals surface area contributed by atoms with Crippen LogP contribution >= 0.6 is 31.9 Å². The van der Waals surface area contributed by atoms with Crippen molar-refractivity contribution in [1.82, 2.24) is 0 Å². The number of halogens is 2. The van der Waals surface area contributed by atoms with Crippen molar-refractivity contribution in [2.75, 3.05) is 5.32 Å². The van der Waals surface area contributed by atoms with Gasteiger partial charge in [0.1, 0.15) is 0 Å². The van der Waals surface area contributed by atoms with E-state index in [0.717, 1.165) is 10.0 Å². The average Bonchev–Trinajstić information content (AvgIpc) is 2.54. The quantitative estimate of drug-likeness (QED) is 0.519. The number of allylic oxidation sites excluding steroid dienone is 1. The highest BCUT2D eigenvalue weighted by Crippen LogP contribution is 2.14. The van der Waals surface area contributed by atoms with Crippen molar-refractivity contribution < 1.29 is 9.59 Å². The highest BCUT2D eigenvalue weighted by molar-refractivity contribution is 9.12. The van der Waals surface area contributed by atoms with Crippen molar-refractivity contribution in [1.29, 1.82) is 0 Å². The number of amides is 1. The van der Waals surface area contributed by atoms with E-state index in [2.05, 4.69) is 43.8 Å². The van der Waals surface area contributed by atoms with Gasteiger partial charge in [-0.3, -0.25) is 9.59 Å². The summed E-state index contributed by atoms with van der Waals surface area (Å²) in [4.78, 5) is 23.5. The first-order valence-electron chi connectivity index (χ1n) is 6.69. The Balaban J connectivity index is 2.02. The first-order chi connectivity index (χ1) is 11.0. The predicted octanol–water partition coefficient (Wildman–Crippen LogP) is 5.19. The minimum absolute atomic E-state index is 0.0644. The summed E-state index contributed by atoms with van der Waals surface area (Å²) in [5.41, 5.74) is 2.15. The topological polar surface area (TPSA) is 46.2 Å². The van der Waals surface area contributed by atoms with Crippen LogP contribution in [0.3, 0.4) is 0 Å². The summed E-state index contributed by atoms with van der Waals surface area (Å²) in [5.74, 6) is -0.357. The molecule has 1 N–H and O–H groups in total. The van der Waals surface area contributed by atoms with Gasteiger partial charge in [0.2, 0.25) is 0 Å². The molecular weight excluding hydrogens is 422 g/mol. The Hall–Kier alpha value is -1.98. The lowest BCUT2D eigenvalue weighted by molar-refractivity contribution is -0.112. The zero-order chi connectivity index (χ0) is 16.8. The number of carbonyl (C=O) groups is 2. The molecule has 0 unspecified atom stereocenters. The van der Waals surface area contributed by atoms with Crippen LogP contribution in [0.1, 0.15) is 15.9 Å². The van der Waals surface area contributed by atoms with E-state index in [0.29, 0.717) is 11.3 Å². The van der Waals surface area contributed by atoms with E-state index in [-0.39, 0.29) is 16.2 Å². The summed E-state index contributed by atoms with van der Waals surface area (Å²) in [6, 6.07) is 14.4. The third kappa shape index (κ3) is 5.30. The molecule has 0 aromatic heterocycles. The summed E-state index contributed by atoms with van der Waals surface area (Å²) in [5, 5.41) is 2.68. The van der Waals surface area contributed by atoms with Crippen molar-refractivity contribution in [3.8, 4) is 0 Å². The highest BCUT2D eigenvalue weighted by Gasteiger charge is 2.04. The van der Waals surface area contributed by atoms with Gasteiger partial charge in [-0.05, 0) is 64.0 Å². The molecule has 0 bridgehead atoms. The second-order valence-corrected chi connectivity index (χ2v) is 6.56. The fourth-order valence-corrected chi connectivity index (χ4v) is 2.12. The lowest BCUT2D eigenvalue weighted by Gasteiger charge is -2.04. The molecule has 2 rings (SSSR count). The van der Waals surface area contributed by atoms with E-state index >= 15 is 0 Å². The molecule has 0 heterocycles. The molecule has 1 amide bonds. The molecule has 5 heteroatoms. The molecule has 23 heavy (non-hydrogen) atoms. The van der Waals surface area contributed by atoms with Crippen LogP contribution in [0.15, 0.2) is 70.1 Å². The maximum Gasteiger partial charge on any atom is 0.262 e. The Morgan fingerprint density at radius 1 is 1.00 bits per heavy atom. The van der Waals surface area contributed by atoms with Crippen molar-refractivity contribution in [3.63, 3.8) is 0 Å². The summed E-state index contributed by atoms with van der Waals surface area (Å²) in [6.45, 7) is 3.50. The van der Waals surface area contributed by atoms with E-state index in [4.69, 9.17) is 0 Å². The van der Waals surface area contributed by atoms with Gasteiger partial charge in [0, 0.05) is 15.7 Å². The lowest BCUT2D eigenvalue weighted by atomic mass is 10.1. The van der Waals surface area contributed by atoms with Crippen molar-refractivity contribution >= 4 is 55.3 Å². The summed E-state index contributed by atoms with van der Waals surface area (Å²) >= 11 is 6.36. The number of rotatable bonds is 5. The molecule has 2 aromatic carbocycles. The molecule has 0 aliphatic rings. The molecule has 0 saturated carbocycles. The molecular formula is C18H13Br2NO2. The van der Waals surface area contributed by atoms with Crippen molar-refractivity contribution in [3.05, 3.63) is 81.3 Å². The molecule has 0 saturated heterocycles. The number of hydrogen-bond donors (Lipinski definition) is 1. The van der Waals surface area contributed by atoms with Gasteiger partial charge >= 0.3 is 0 Å². The number of benzene rings is 2. The zero-order valence-corrected chi connectivity index (χ0v) is 15.2. The molecule has 0 radical (unpaired) electrons. The lowest BCUT2D eigenvalue weighted by Crippen LogP contribution is -2.10. The minimum atomic E-state index is -0.293. The van der Waals surface area contributed by atoms with E-state index in [1.807, 2.05) is 24.3 Å². The molecule has 0 fully saturated rings. The first-order valence-corrected chi connectivity index (χ1v) is 8.28. The molecule has 0 aliphatic heterocycles. The Bertz CT molecular complexity index is 763. The van der Waals surface area contributed by atoms with Crippen molar-refractivity contribution in [2.45, 2.75) is 0 Å². The predicted molar refractivity (Wildman–Crippen MR) is 101 cm³/mol. The molecule has 2 aromatic rings. The second-order valence-electron chi connectivity index (χ2n) is 4.69. The van der Waals surface area contributed by atoms with E-state index in [1.165, 1.54) is 6.08 Å². The van der Waals surface area contributed by atoms with Gasteiger partial charge < -0.3 is 5.32 Å². The van der Waals surface area contributed by atoms with Gasteiger partial charge in [0.05, 0.1) is 4.48 Å². The number of anilines is 1. The summed E-state index contributed by atoms with van der Waals surface area (Å²) in [6.07, 6.45) is 3.26. The molecule has 0 atom stereocenters. The largest absolute Gasteiger partial charge is 0.322 e. The molecule has 0 aliphatic carbocycles. The van der Waals surface area contributed by atoms with Crippen LogP contribution < -0.4 is 5.32 Å². The number of carbonyl (C=O) groups excluding carboxylic acids is 2. The van der Waals surface area contributed by atoms with Crippen LogP contribution in [-0.4, -0.2) is 11.7 Å². The number of nitrogens with one attached hydrogen (secondary N) is 1. The maximum absolute atomic E-state index is 12.0. The van der Waals surface area contributed by atoms with Crippen LogP contribution in [-0.2, 0) is 4.79 Å². The number of ketones is 1. The van der Waals surface area contributed by atoms with Crippen LogP contribution in [0.2, 0.25) is 0 Å². The Morgan fingerprint density at radius 3 is 2.17 bits per heavy atom. The first kappa shape index (κ1) is 17.4. The molecule has 0 spiro atoms. The second kappa shape index (κ2) is 8.04. The molecule has 116 valence electrons. The van der Waals surface area contributed by atoms with Gasteiger partial charge in [-0.25, -0.2) is 0 Å². The van der Waals surface area contributed by atoms with Gasteiger partial charge in [0.25, 0.3) is 5.91 Å². The van der Waals surface area contributed by atoms with Crippen LogP contribution in [0.4, 0.5) is 5.69 Å². The van der Waals surface area contributed by atoms with Gasteiger partial charge in [-0.2, -0.15) is 0 Å². The highest BCUT2D eigenvalue weighted by atomic mass is 79.9. The van der Waals surface area contributed by atoms with E-state index < -0.39 is 0 Å². The van der Waals surface area contributed by atoms with Crippen LogP contribution in [0.5, 0.6) is 0 Å². The fourth-order valence-electron chi connectivity index (χ4n) is 1.76. The number of hydrogen-bond acceptors (Lipinski definition) is 2. The SMILES string of the molecule is C=C(Br)C(=O)Nc1ccc(/C=C/C(=O)c2ccc(Br)cc2)cc1. The van der Waals surface area contributed by atoms with E-state index in [9.17, 15) is 9.59 Å².